The fourth-order valence-electron chi connectivity index (χ4n) is 4.87. The van der Waals surface area contributed by atoms with Crippen molar-refractivity contribution in [1.29, 1.82) is 0 Å². The van der Waals surface area contributed by atoms with Crippen LogP contribution in [0.1, 0.15) is 11.7 Å². The summed E-state index contributed by atoms with van der Waals surface area (Å²) in [5, 5.41) is 9.69. The summed E-state index contributed by atoms with van der Waals surface area (Å²) in [6.45, 7) is 0. The van der Waals surface area contributed by atoms with Crippen LogP contribution in [-0.4, -0.2) is 26.0 Å². The molecule has 1 aliphatic rings. The van der Waals surface area contributed by atoms with Crippen molar-refractivity contribution in [1.82, 2.24) is 0 Å². The second-order valence-corrected chi connectivity index (χ2v) is 9.96. The number of hydrogen-bond acceptors (Lipinski definition) is 6. The minimum Gasteiger partial charge on any atom is -0.481 e. The summed E-state index contributed by atoms with van der Waals surface area (Å²) in [5.74, 6) is 1.42. The summed E-state index contributed by atoms with van der Waals surface area (Å²) in [5.41, 5.74) is 5.54. The Balaban J connectivity index is 1.58. The molecule has 2 atom stereocenters. The van der Waals surface area contributed by atoms with Gasteiger partial charge < -0.3 is 9.64 Å². The van der Waals surface area contributed by atoms with Crippen molar-refractivity contribution in [2.45, 2.75) is 12.1 Å². The number of rotatable bonds is 6. The number of para-hydroxylation sites is 4. The summed E-state index contributed by atoms with van der Waals surface area (Å²) in [6.07, 6.45) is -0.490. The second kappa shape index (κ2) is 11.9. The second-order valence-electron chi connectivity index (χ2n) is 9.96. The van der Waals surface area contributed by atoms with Gasteiger partial charge in [0.25, 0.3) is 0 Å². The van der Waals surface area contributed by atoms with Gasteiger partial charge in [0.15, 0.2) is 12.1 Å². The molecule has 0 bridgehead atoms. The van der Waals surface area contributed by atoms with Crippen LogP contribution in [0.2, 0.25) is 0 Å². The highest BCUT2D eigenvalue weighted by molar-refractivity contribution is 6.09. The Morgan fingerprint density at radius 3 is 1.78 bits per heavy atom. The Hall–Kier alpha value is -5.23. The SMILES string of the molecule is CN(C)c1ccc(C2Oc3ccccc3N=C(N(c3ccccc3)c3ccccc3)C2N=Nc2ccccc2)cc1. The molecule has 0 amide bonds. The molecule has 1 heterocycles. The fraction of sp³-hybridized carbons (Fsp3) is 0.114. The maximum atomic E-state index is 6.79. The molecule has 0 spiro atoms. The van der Waals surface area contributed by atoms with Gasteiger partial charge >= 0.3 is 0 Å². The molecule has 0 aliphatic carbocycles. The molecule has 6 rings (SSSR count). The van der Waals surface area contributed by atoms with Crippen molar-refractivity contribution in [2.24, 2.45) is 15.2 Å². The van der Waals surface area contributed by atoms with Gasteiger partial charge in [-0.15, -0.1) is 0 Å². The molecule has 2 unspecified atom stereocenters. The predicted octanol–water partition coefficient (Wildman–Crippen LogP) is 8.91. The molecule has 0 N–H and O–H groups in total. The Labute approximate surface area is 240 Å². The van der Waals surface area contributed by atoms with E-state index in [9.17, 15) is 0 Å². The van der Waals surface area contributed by atoms with E-state index in [-0.39, 0.29) is 0 Å². The van der Waals surface area contributed by atoms with Crippen molar-refractivity contribution in [3.63, 3.8) is 0 Å². The number of aliphatic imine (C=N–C) groups is 1. The number of amidine groups is 1. The smallest absolute Gasteiger partial charge is 0.170 e. The molecule has 0 aromatic heterocycles. The summed E-state index contributed by atoms with van der Waals surface area (Å²) in [6, 6.07) is 46.0. The molecule has 202 valence electrons. The molecule has 41 heavy (non-hydrogen) atoms. The third-order valence-corrected chi connectivity index (χ3v) is 6.96. The lowest BCUT2D eigenvalue weighted by Gasteiger charge is -2.31. The highest BCUT2D eigenvalue weighted by Gasteiger charge is 2.37. The lowest BCUT2D eigenvalue weighted by Crippen LogP contribution is -2.39. The Morgan fingerprint density at radius 2 is 1.17 bits per heavy atom. The number of hydrogen-bond donors (Lipinski definition) is 0. The maximum absolute atomic E-state index is 6.79. The molecule has 5 aromatic rings. The van der Waals surface area contributed by atoms with Crippen molar-refractivity contribution in [3.8, 4) is 5.75 Å². The van der Waals surface area contributed by atoms with Crippen LogP contribution in [0.4, 0.5) is 28.4 Å². The molecular formula is C35H31N5O. The molecule has 6 nitrogen and oxygen atoms in total. The topological polar surface area (TPSA) is 52.8 Å². The van der Waals surface area contributed by atoms with Crippen molar-refractivity contribution in [2.75, 3.05) is 23.9 Å². The minimum absolute atomic E-state index is 0.490. The van der Waals surface area contributed by atoms with E-state index in [0.29, 0.717) is 11.6 Å². The molecular weight excluding hydrogens is 506 g/mol. The van der Waals surface area contributed by atoms with Crippen LogP contribution in [0.15, 0.2) is 155 Å². The standard InChI is InChI=1S/C35H31N5O/c1-39(2)28-24-22-26(23-25-28)34-33(38-37-27-14-6-3-7-15-27)35(36-31-20-12-13-21-32(31)41-34)40(29-16-8-4-9-17-29)30-18-10-5-11-19-30/h3-25,33-34H,1-2H3. The van der Waals surface area contributed by atoms with E-state index in [1.807, 2.05) is 105 Å². The van der Waals surface area contributed by atoms with Gasteiger partial charge in [0, 0.05) is 31.2 Å². The number of benzene rings is 5. The largest absolute Gasteiger partial charge is 0.481 e. The van der Waals surface area contributed by atoms with Crippen molar-refractivity contribution in [3.05, 3.63) is 145 Å². The van der Waals surface area contributed by atoms with Gasteiger partial charge in [-0.25, -0.2) is 4.99 Å². The van der Waals surface area contributed by atoms with Gasteiger partial charge in [-0.3, -0.25) is 4.90 Å². The summed E-state index contributed by atoms with van der Waals surface area (Å²) in [4.78, 5) is 9.50. The minimum atomic E-state index is -0.576. The lowest BCUT2D eigenvalue weighted by molar-refractivity contribution is 0.198. The van der Waals surface area contributed by atoms with E-state index in [0.717, 1.165) is 34.0 Å². The normalized spacial score (nSPS) is 16.3. The first-order valence-corrected chi connectivity index (χ1v) is 13.6. The maximum Gasteiger partial charge on any atom is 0.170 e. The molecule has 1 aliphatic heterocycles. The van der Waals surface area contributed by atoms with Crippen LogP contribution in [0.5, 0.6) is 5.75 Å². The highest BCUT2D eigenvalue weighted by Crippen LogP contribution is 2.41. The molecule has 5 aromatic carbocycles. The van der Waals surface area contributed by atoms with E-state index >= 15 is 0 Å². The molecule has 0 saturated carbocycles. The molecule has 6 heteroatoms. The monoisotopic (exact) mass is 537 g/mol. The van der Waals surface area contributed by atoms with Crippen LogP contribution >= 0.6 is 0 Å². The highest BCUT2D eigenvalue weighted by atomic mass is 16.5. The van der Waals surface area contributed by atoms with Gasteiger partial charge in [0.05, 0.1) is 5.69 Å². The quantitative estimate of drug-likeness (QED) is 0.203. The zero-order chi connectivity index (χ0) is 28.0. The zero-order valence-corrected chi connectivity index (χ0v) is 23.1. The number of nitrogens with zero attached hydrogens (tertiary/aromatic N) is 5. The van der Waals surface area contributed by atoms with E-state index in [4.69, 9.17) is 20.0 Å². The van der Waals surface area contributed by atoms with Crippen LogP contribution in [-0.2, 0) is 0 Å². The van der Waals surface area contributed by atoms with Crippen molar-refractivity contribution < 1.29 is 4.74 Å². The van der Waals surface area contributed by atoms with Crippen LogP contribution in [0.25, 0.3) is 0 Å². The van der Waals surface area contributed by atoms with Gasteiger partial charge in [-0.05, 0) is 66.2 Å². The fourth-order valence-corrected chi connectivity index (χ4v) is 4.87. The van der Waals surface area contributed by atoms with Gasteiger partial charge in [0.1, 0.15) is 17.3 Å². The van der Waals surface area contributed by atoms with E-state index in [1.165, 1.54) is 0 Å². The van der Waals surface area contributed by atoms with Crippen LogP contribution < -0.4 is 14.5 Å². The average molecular weight is 538 g/mol. The number of anilines is 3. The first-order chi connectivity index (χ1) is 20.2. The average Bonchev–Trinajstić information content (AvgIpc) is 3.18. The summed E-state index contributed by atoms with van der Waals surface area (Å²) >= 11 is 0. The van der Waals surface area contributed by atoms with E-state index < -0.39 is 12.1 Å². The Bertz CT molecular complexity index is 1600. The third-order valence-electron chi connectivity index (χ3n) is 6.96. The van der Waals surface area contributed by atoms with Crippen molar-refractivity contribution >= 4 is 34.3 Å². The van der Waals surface area contributed by atoms with Crippen LogP contribution in [0.3, 0.4) is 0 Å². The van der Waals surface area contributed by atoms with Gasteiger partial charge in [0.2, 0.25) is 0 Å². The third kappa shape index (κ3) is 5.72. The predicted molar refractivity (Wildman–Crippen MR) is 167 cm³/mol. The lowest BCUT2D eigenvalue weighted by atomic mass is 9.99. The van der Waals surface area contributed by atoms with Gasteiger partial charge in [-0.1, -0.05) is 78.9 Å². The first kappa shape index (κ1) is 26.0. The summed E-state index contributed by atoms with van der Waals surface area (Å²) in [7, 11) is 4.07. The Kier molecular flexibility index (Phi) is 7.54. The van der Waals surface area contributed by atoms with E-state index in [1.54, 1.807) is 0 Å². The van der Waals surface area contributed by atoms with Gasteiger partial charge in [-0.2, -0.15) is 10.2 Å². The summed E-state index contributed by atoms with van der Waals surface area (Å²) < 4.78 is 6.79. The van der Waals surface area contributed by atoms with E-state index in [2.05, 4.69) is 58.3 Å². The Morgan fingerprint density at radius 1 is 0.610 bits per heavy atom. The first-order valence-electron chi connectivity index (χ1n) is 13.6. The molecule has 0 saturated heterocycles. The molecule has 0 radical (unpaired) electrons. The zero-order valence-electron chi connectivity index (χ0n) is 23.1. The molecule has 0 fully saturated rings. The number of ether oxygens (including phenoxy) is 1. The number of fused-ring (bicyclic) bond motifs is 1. The number of azo groups is 1. The van der Waals surface area contributed by atoms with Crippen LogP contribution in [0, 0.1) is 0 Å².